The first-order chi connectivity index (χ1) is 12.0. The lowest BCUT2D eigenvalue weighted by atomic mass is 9.98. The molecule has 3 rings (SSSR count). The van der Waals surface area contributed by atoms with Gasteiger partial charge in [0, 0.05) is 17.4 Å². The molecule has 0 saturated heterocycles. The van der Waals surface area contributed by atoms with Gasteiger partial charge < -0.3 is 17.3 Å². The van der Waals surface area contributed by atoms with Gasteiger partial charge >= 0.3 is 12.8 Å². The molecule has 0 radical (unpaired) electrons. The lowest BCUT2D eigenvalue weighted by molar-refractivity contribution is -0.0868. The second-order valence-electron chi connectivity index (χ2n) is 6.47. The van der Waals surface area contributed by atoms with Crippen LogP contribution in [0.3, 0.4) is 0 Å². The zero-order chi connectivity index (χ0) is 19.5. The van der Waals surface area contributed by atoms with Gasteiger partial charge in [-0.05, 0) is 31.4 Å². The molecule has 1 unspecified atom stereocenters. The number of rotatable bonds is 1. The van der Waals surface area contributed by atoms with Gasteiger partial charge in [-0.15, -0.1) is 13.2 Å². The number of alkyl halides is 3. The van der Waals surface area contributed by atoms with Crippen LogP contribution < -0.4 is 0 Å². The average Bonchev–Trinajstić information content (AvgIpc) is 2.69. The molecule has 1 aliphatic rings. The van der Waals surface area contributed by atoms with Gasteiger partial charge in [-0.25, -0.2) is 0 Å². The van der Waals surface area contributed by atoms with Crippen LogP contribution in [-0.4, -0.2) is 7.25 Å². The van der Waals surface area contributed by atoms with E-state index in [0.717, 1.165) is 49.5 Å². The standard InChI is InChI=1S/C17H20F3S.BF4/c1-12-7-6-10-15-14(12)11-16(21(15)17(18,19)20)13-8-4-2-3-5-9-13;2-1(3,4)5/h6-7,10-11,13H,2-5,8-9H2,1H3;/q+1;-1. The van der Waals surface area contributed by atoms with E-state index in [2.05, 4.69) is 0 Å². The first-order valence-corrected chi connectivity index (χ1v) is 9.70. The third-order valence-corrected chi connectivity index (χ3v) is 6.70. The molecule has 9 heteroatoms. The largest absolute Gasteiger partial charge is 0.673 e. The Hall–Kier alpha value is -1.25. The van der Waals surface area contributed by atoms with E-state index in [1.807, 2.05) is 19.1 Å². The Kier molecular flexibility index (Phi) is 6.63. The molecule has 1 atom stereocenters. The third-order valence-electron chi connectivity index (χ3n) is 4.52. The fourth-order valence-electron chi connectivity index (χ4n) is 3.45. The van der Waals surface area contributed by atoms with Crippen molar-refractivity contribution in [3.63, 3.8) is 0 Å². The smallest absolute Gasteiger partial charge is 0.418 e. The van der Waals surface area contributed by atoms with Crippen LogP contribution in [0.5, 0.6) is 0 Å². The maximum Gasteiger partial charge on any atom is 0.673 e. The van der Waals surface area contributed by atoms with Crippen molar-refractivity contribution in [3.8, 4) is 0 Å². The van der Waals surface area contributed by atoms with Crippen LogP contribution in [0, 0.1) is 6.92 Å². The molecule has 26 heavy (non-hydrogen) atoms. The number of halogens is 7. The van der Waals surface area contributed by atoms with Crippen molar-refractivity contribution in [2.75, 3.05) is 0 Å². The molecule has 2 aromatic rings. The summed E-state index contributed by atoms with van der Waals surface area (Å²) in [6.45, 7) is 1.91. The minimum atomic E-state index is -6.00. The van der Waals surface area contributed by atoms with Crippen molar-refractivity contribution in [1.29, 1.82) is 0 Å². The molecular weight excluding hydrogens is 380 g/mol. The van der Waals surface area contributed by atoms with E-state index in [4.69, 9.17) is 0 Å². The minimum Gasteiger partial charge on any atom is -0.418 e. The lowest BCUT2D eigenvalue weighted by Crippen LogP contribution is -2.02. The Morgan fingerprint density at radius 2 is 1.50 bits per heavy atom. The van der Waals surface area contributed by atoms with E-state index in [9.17, 15) is 30.4 Å². The van der Waals surface area contributed by atoms with Crippen molar-refractivity contribution >= 4 is 27.8 Å². The molecule has 1 aromatic heterocycles. The quantitative estimate of drug-likeness (QED) is 0.196. The molecule has 0 N–H and O–H groups in total. The monoisotopic (exact) mass is 400 g/mol. The number of thiophene rings is 1. The highest BCUT2D eigenvalue weighted by molar-refractivity contribution is 7.38. The van der Waals surface area contributed by atoms with Crippen LogP contribution in [0.1, 0.15) is 54.9 Å². The molecule has 0 spiro atoms. The zero-order valence-corrected chi connectivity index (χ0v) is 15.1. The third kappa shape index (κ3) is 5.63. The summed E-state index contributed by atoms with van der Waals surface area (Å²) >= 11 is 0. The van der Waals surface area contributed by atoms with Gasteiger partial charge in [-0.2, -0.15) is 0 Å². The van der Waals surface area contributed by atoms with Gasteiger partial charge in [0.2, 0.25) is 0 Å². The van der Waals surface area contributed by atoms with Crippen LogP contribution in [0.4, 0.5) is 30.4 Å². The maximum absolute atomic E-state index is 13.6. The summed E-state index contributed by atoms with van der Waals surface area (Å²) in [5, 5.41) is 0.817. The highest BCUT2D eigenvalue weighted by Crippen LogP contribution is 2.55. The first kappa shape index (κ1) is 21.1. The normalized spacial score (nSPS) is 17.6. The Morgan fingerprint density at radius 3 is 2.00 bits per heavy atom. The molecule has 0 bridgehead atoms. The van der Waals surface area contributed by atoms with Crippen LogP contribution in [-0.2, 0) is 5.51 Å². The van der Waals surface area contributed by atoms with E-state index in [1.54, 1.807) is 12.1 Å². The summed E-state index contributed by atoms with van der Waals surface area (Å²) < 4.78 is 80.4. The van der Waals surface area contributed by atoms with E-state index < -0.39 is 23.2 Å². The highest BCUT2D eigenvalue weighted by atomic mass is 32.2. The summed E-state index contributed by atoms with van der Waals surface area (Å²) in [6.07, 6.45) is 6.28. The van der Waals surface area contributed by atoms with Gasteiger partial charge in [-0.3, -0.25) is 0 Å². The van der Waals surface area contributed by atoms with Crippen LogP contribution in [0.15, 0.2) is 24.3 Å². The molecule has 1 aliphatic carbocycles. The van der Waals surface area contributed by atoms with E-state index in [1.165, 1.54) is 0 Å². The first-order valence-electron chi connectivity index (χ1n) is 8.48. The second kappa shape index (κ2) is 8.19. The van der Waals surface area contributed by atoms with Crippen molar-refractivity contribution in [2.45, 2.75) is 56.9 Å². The van der Waals surface area contributed by atoms with Crippen molar-refractivity contribution in [2.24, 2.45) is 0 Å². The number of fused-ring (bicyclic) bond motifs is 1. The average molecular weight is 400 g/mol. The predicted molar refractivity (Wildman–Crippen MR) is 93.1 cm³/mol. The highest BCUT2D eigenvalue weighted by Gasteiger charge is 2.49. The Bertz CT molecular complexity index is 719. The molecule has 146 valence electrons. The van der Waals surface area contributed by atoms with Crippen molar-refractivity contribution < 1.29 is 30.4 Å². The lowest BCUT2D eigenvalue weighted by Gasteiger charge is -2.10. The van der Waals surface area contributed by atoms with E-state index in [0.29, 0.717) is 9.58 Å². The summed E-state index contributed by atoms with van der Waals surface area (Å²) in [6, 6.07) is 7.18. The molecule has 0 amide bonds. The summed E-state index contributed by atoms with van der Waals surface area (Å²) in [7, 11) is -7.71. The number of hydrogen-bond donors (Lipinski definition) is 0. The minimum absolute atomic E-state index is 0.115. The van der Waals surface area contributed by atoms with Crippen LogP contribution >= 0.6 is 10.5 Å². The van der Waals surface area contributed by atoms with Gasteiger partial charge in [-0.1, -0.05) is 37.8 Å². The summed E-state index contributed by atoms with van der Waals surface area (Å²) in [5.74, 6) is 0.115. The second-order valence-corrected chi connectivity index (χ2v) is 8.46. The Balaban J connectivity index is 0.000000431. The van der Waals surface area contributed by atoms with Gasteiger partial charge in [0.1, 0.15) is 0 Å². The van der Waals surface area contributed by atoms with Gasteiger partial charge in [0.15, 0.2) is 9.58 Å². The van der Waals surface area contributed by atoms with E-state index in [-0.39, 0.29) is 5.92 Å². The van der Waals surface area contributed by atoms with Crippen LogP contribution in [0.2, 0.25) is 0 Å². The number of benzene rings is 1. The molecule has 1 fully saturated rings. The predicted octanol–water partition coefficient (Wildman–Crippen LogP) is 8.11. The Morgan fingerprint density at radius 1 is 0.962 bits per heavy atom. The van der Waals surface area contributed by atoms with Crippen LogP contribution in [0.25, 0.3) is 10.1 Å². The zero-order valence-electron chi connectivity index (χ0n) is 14.3. The Labute approximate surface area is 150 Å². The summed E-state index contributed by atoms with van der Waals surface area (Å²) in [4.78, 5) is 0.647. The van der Waals surface area contributed by atoms with Crippen molar-refractivity contribution in [1.82, 2.24) is 0 Å². The maximum atomic E-state index is 13.6. The SMILES string of the molecule is Cc1cccc2c1cc(C1CCCCCC1)[s+]2C(F)(F)F.F[B-](F)(F)F. The number of aryl methyl sites for hydroxylation is 1. The molecule has 1 heterocycles. The summed E-state index contributed by atoms with van der Waals surface area (Å²) in [5.41, 5.74) is -3.20. The number of hydrogen-bond acceptors (Lipinski definition) is 0. The molecule has 0 nitrogen and oxygen atoms in total. The molecule has 0 aliphatic heterocycles. The van der Waals surface area contributed by atoms with Crippen molar-refractivity contribution in [3.05, 3.63) is 34.7 Å². The fraction of sp³-hybridized carbons (Fsp3) is 0.529. The molecule has 1 saturated carbocycles. The fourth-order valence-corrected chi connectivity index (χ4v) is 5.68. The topological polar surface area (TPSA) is 0 Å². The van der Waals surface area contributed by atoms with E-state index >= 15 is 0 Å². The van der Waals surface area contributed by atoms with Gasteiger partial charge in [0.25, 0.3) is 0 Å². The molecule has 1 aromatic carbocycles. The molecular formula is C17H20BF7S. The van der Waals surface area contributed by atoms with Gasteiger partial charge in [0.05, 0.1) is 10.5 Å².